The van der Waals surface area contributed by atoms with Crippen LogP contribution in [0, 0.1) is 12.8 Å². The molecule has 0 amide bonds. The third-order valence-electron chi connectivity index (χ3n) is 0.775. The zero-order valence-electron chi connectivity index (χ0n) is 4.22. The minimum absolute atomic E-state index is 0.218. The smallest absolute Gasteiger partial charge is 0.306 e. The topological polar surface area (TPSA) is 37.3 Å². The van der Waals surface area contributed by atoms with Crippen molar-refractivity contribution in [3.8, 4) is 0 Å². The van der Waals surface area contributed by atoms with Gasteiger partial charge < -0.3 is 5.11 Å². The summed E-state index contributed by atoms with van der Waals surface area (Å²) in [6, 6.07) is 0. The molecule has 0 aromatic heterocycles. The van der Waals surface area contributed by atoms with E-state index in [1.807, 2.05) is 0 Å². The van der Waals surface area contributed by atoms with Gasteiger partial charge in [-0.2, -0.15) is 0 Å². The van der Waals surface area contributed by atoms with E-state index in [2.05, 4.69) is 0 Å². The molecule has 0 aromatic rings. The van der Waals surface area contributed by atoms with Crippen LogP contribution in [0.3, 0.4) is 0 Å². The number of carbonyl (C=O) groups is 1. The summed E-state index contributed by atoms with van der Waals surface area (Å²) in [7, 11) is 0. The Hall–Kier alpha value is -0.530. The van der Waals surface area contributed by atoms with Crippen molar-refractivity contribution in [1.29, 1.82) is 0 Å². The Balaban J connectivity index is 3.34. The molecule has 0 bridgehead atoms. The largest absolute Gasteiger partial charge is 0.481 e. The summed E-state index contributed by atoms with van der Waals surface area (Å²) >= 11 is 0. The summed E-state index contributed by atoms with van der Waals surface area (Å²) in [5.74, 6) is -1.23. The third kappa shape index (κ3) is 2.20. The minimum Gasteiger partial charge on any atom is -0.481 e. The molecule has 0 aliphatic carbocycles. The fraction of sp³-hybridized carbons (Fsp3) is 0.600. The average molecular weight is 100 g/mol. The van der Waals surface area contributed by atoms with Gasteiger partial charge in [0.05, 0.1) is 5.92 Å². The van der Waals surface area contributed by atoms with Crippen LogP contribution in [0.4, 0.5) is 0 Å². The van der Waals surface area contributed by atoms with Gasteiger partial charge in [-0.1, -0.05) is 6.92 Å². The maximum atomic E-state index is 9.85. The van der Waals surface area contributed by atoms with Crippen molar-refractivity contribution in [2.45, 2.75) is 13.3 Å². The van der Waals surface area contributed by atoms with Gasteiger partial charge in [0.25, 0.3) is 0 Å². The van der Waals surface area contributed by atoms with Crippen LogP contribution in [-0.2, 0) is 4.79 Å². The maximum absolute atomic E-state index is 9.85. The lowest BCUT2D eigenvalue weighted by atomic mass is 10.1. The van der Waals surface area contributed by atoms with Gasteiger partial charge in [-0.3, -0.25) is 4.79 Å². The Morgan fingerprint density at radius 1 is 2.00 bits per heavy atom. The fourth-order valence-electron chi connectivity index (χ4n) is 0.101. The van der Waals surface area contributed by atoms with Crippen molar-refractivity contribution < 1.29 is 9.90 Å². The number of carboxylic acid groups (broad SMARTS) is 1. The number of hydrogen-bond acceptors (Lipinski definition) is 1. The first kappa shape index (κ1) is 6.47. The maximum Gasteiger partial charge on any atom is 0.306 e. The second kappa shape index (κ2) is 2.61. The summed E-state index contributed by atoms with van der Waals surface area (Å²) in [6.45, 7) is 6.56. The molecule has 0 saturated carbocycles. The molecule has 40 valence electrons. The molecular formula is C5H8O2. The van der Waals surface area contributed by atoms with Gasteiger partial charge in [-0.15, -0.1) is 0 Å². The van der Waals surface area contributed by atoms with Crippen molar-refractivity contribution in [3.63, 3.8) is 0 Å². The predicted octanol–water partition coefficient (Wildman–Crippen LogP) is 0.808. The van der Waals surface area contributed by atoms with Crippen molar-refractivity contribution >= 4 is 5.97 Å². The van der Waals surface area contributed by atoms with Crippen molar-refractivity contribution in [2.75, 3.05) is 0 Å². The van der Waals surface area contributed by atoms with E-state index in [1.165, 1.54) is 0 Å². The number of rotatable bonds is 2. The van der Waals surface area contributed by atoms with E-state index in [9.17, 15) is 4.79 Å². The first-order chi connectivity index (χ1) is 3.18. The SMILES string of the molecule is [CH]CC(C)C(=O)O. The molecule has 0 saturated heterocycles. The van der Waals surface area contributed by atoms with Crippen LogP contribution in [-0.4, -0.2) is 11.1 Å². The lowest BCUT2D eigenvalue weighted by molar-refractivity contribution is -0.140. The predicted molar refractivity (Wildman–Crippen MR) is 25.7 cm³/mol. The van der Waals surface area contributed by atoms with E-state index in [-0.39, 0.29) is 6.42 Å². The molecule has 1 atom stereocenters. The molecule has 7 heavy (non-hydrogen) atoms. The molecule has 0 spiro atoms. The van der Waals surface area contributed by atoms with Crippen molar-refractivity contribution in [1.82, 2.24) is 0 Å². The van der Waals surface area contributed by atoms with E-state index >= 15 is 0 Å². The van der Waals surface area contributed by atoms with Gasteiger partial charge in [0.2, 0.25) is 0 Å². The van der Waals surface area contributed by atoms with Gasteiger partial charge in [0.1, 0.15) is 0 Å². The van der Waals surface area contributed by atoms with Gasteiger partial charge in [0, 0.05) is 0 Å². The van der Waals surface area contributed by atoms with Crippen LogP contribution in [0.1, 0.15) is 13.3 Å². The van der Waals surface area contributed by atoms with Gasteiger partial charge in [-0.05, 0) is 13.3 Å². The molecule has 2 radical (unpaired) electrons. The third-order valence-corrected chi connectivity index (χ3v) is 0.775. The molecule has 1 N–H and O–H groups in total. The van der Waals surface area contributed by atoms with Crippen LogP contribution >= 0.6 is 0 Å². The van der Waals surface area contributed by atoms with Crippen LogP contribution < -0.4 is 0 Å². The van der Waals surface area contributed by atoms with Crippen LogP contribution in [0.15, 0.2) is 0 Å². The fourth-order valence-corrected chi connectivity index (χ4v) is 0.101. The number of aliphatic carboxylic acids is 1. The molecule has 2 nitrogen and oxygen atoms in total. The average Bonchev–Trinajstić information content (AvgIpc) is 1.65. The zero-order chi connectivity index (χ0) is 5.86. The summed E-state index contributed by atoms with van der Waals surface area (Å²) in [6.07, 6.45) is 0.218. The Labute approximate surface area is 43.2 Å². The molecule has 1 unspecified atom stereocenters. The van der Waals surface area contributed by atoms with E-state index in [0.29, 0.717) is 0 Å². The van der Waals surface area contributed by atoms with Gasteiger partial charge >= 0.3 is 5.97 Å². The van der Waals surface area contributed by atoms with E-state index in [0.717, 1.165) is 0 Å². The van der Waals surface area contributed by atoms with E-state index in [1.54, 1.807) is 6.92 Å². The zero-order valence-corrected chi connectivity index (χ0v) is 4.22. The first-order valence-corrected chi connectivity index (χ1v) is 2.11. The molecule has 0 aromatic carbocycles. The summed E-state index contributed by atoms with van der Waals surface area (Å²) in [5, 5.41) is 8.10. The summed E-state index contributed by atoms with van der Waals surface area (Å²) in [4.78, 5) is 9.85. The molecule has 0 rings (SSSR count). The highest BCUT2D eigenvalue weighted by Gasteiger charge is 2.05. The first-order valence-electron chi connectivity index (χ1n) is 2.11. The van der Waals surface area contributed by atoms with E-state index in [4.69, 9.17) is 12.0 Å². The Bertz CT molecular complexity index is 68.5. The highest BCUT2D eigenvalue weighted by molar-refractivity contribution is 5.69. The molecule has 2 heteroatoms. The van der Waals surface area contributed by atoms with E-state index < -0.39 is 11.9 Å². The monoisotopic (exact) mass is 100 g/mol. The van der Waals surface area contributed by atoms with Gasteiger partial charge in [0.15, 0.2) is 0 Å². The van der Waals surface area contributed by atoms with Gasteiger partial charge in [-0.25, -0.2) is 0 Å². The standard InChI is InChI=1S/C5H8O2/c1-3-4(2)5(6)7/h1,4H,3H2,2H3,(H,6,7). The normalized spacial score (nSPS) is 13.4. The second-order valence-corrected chi connectivity index (χ2v) is 1.47. The highest BCUT2D eigenvalue weighted by atomic mass is 16.4. The minimum atomic E-state index is -0.831. The Morgan fingerprint density at radius 2 is 2.43 bits per heavy atom. The quantitative estimate of drug-likeness (QED) is 0.557. The molecule has 0 aliphatic rings. The number of carboxylic acids is 1. The van der Waals surface area contributed by atoms with Crippen molar-refractivity contribution in [2.24, 2.45) is 5.92 Å². The van der Waals surface area contributed by atoms with Crippen molar-refractivity contribution in [3.05, 3.63) is 6.92 Å². The molecule has 0 aliphatic heterocycles. The highest BCUT2D eigenvalue weighted by Crippen LogP contribution is 1.97. The lowest BCUT2D eigenvalue weighted by Gasteiger charge is -1.96. The molecule has 0 heterocycles. The lowest BCUT2D eigenvalue weighted by Crippen LogP contribution is -2.06. The Kier molecular flexibility index (Phi) is 2.41. The van der Waals surface area contributed by atoms with Crippen LogP contribution in [0.25, 0.3) is 0 Å². The number of hydrogen-bond donors (Lipinski definition) is 1. The summed E-state index contributed by atoms with van der Waals surface area (Å²) < 4.78 is 0. The second-order valence-electron chi connectivity index (χ2n) is 1.47. The Morgan fingerprint density at radius 3 is 2.43 bits per heavy atom. The summed E-state index contributed by atoms with van der Waals surface area (Å²) in [5.41, 5.74) is 0. The van der Waals surface area contributed by atoms with Crippen LogP contribution in [0.2, 0.25) is 0 Å². The molecular weight excluding hydrogens is 92.1 g/mol. The van der Waals surface area contributed by atoms with Crippen LogP contribution in [0.5, 0.6) is 0 Å². The molecule has 0 fully saturated rings.